The topological polar surface area (TPSA) is 93.7 Å². The maximum Gasteiger partial charge on any atom is 0.307 e. The number of Topliss-reactive ketones (excluding diaryl/α,β-unsaturated/α-hetero) is 1. The number of nitrogens with one attached hydrogen (secondary N) is 2. The molecule has 1 amide bonds. The molecule has 4 aliphatic rings. The van der Waals surface area contributed by atoms with Gasteiger partial charge in [0.1, 0.15) is 5.75 Å². The standard InChI is InChI=1S/C34H36N2O5/c1-40-28-15-9-6-10-22(28)20-27(37)30-31-33(23-11-4-3-5-12-23)18-16-26(24-13-7-8-14-25(24)33)34(31,21-36-30)32(39)35-19-17-29(38)41-2/h3-15,26,30-31,36H,16-21H2,1-2H3,(H,35,39). The molecule has 1 saturated heterocycles. The van der Waals surface area contributed by atoms with Gasteiger partial charge in [-0.15, -0.1) is 0 Å². The van der Waals surface area contributed by atoms with Crippen LogP contribution in [0.25, 0.3) is 0 Å². The lowest BCUT2D eigenvalue weighted by Gasteiger charge is -2.61. The van der Waals surface area contributed by atoms with Gasteiger partial charge in [0, 0.05) is 42.3 Å². The normalized spacial score (nSPS) is 27.4. The zero-order valence-electron chi connectivity index (χ0n) is 23.5. The molecule has 2 N–H and O–H groups in total. The van der Waals surface area contributed by atoms with Crippen LogP contribution < -0.4 is 15.4 Å². The second kappa shape index (κ2) is 10.8. The molecule has 1 heterocycles. The van der Waals surface area contributed by atoms with Gasteiger partial charge in [-0.1, -0.05) is 72.8 Å². The van der Waals surface area contributed by atoms with Crippen LogP contribution in [0.4, 0.5) is 0 Å². The molecule has 5 atom stereocenters. The molecule has 7 heteroatoms. The molecule has 5 unspecified atom stereocenters. The third kappa shape index (κ3) is 4.17. The maximum atomic E-state index is 14.4. The molecule has 1 aliphatic heterocycles. The average Bonchev–Trinajstić information content (AvgIpc) is 3.46. The summed E-state index contributed by atoms with van der Waals surface area (Å²) >= 11 is 0. The number of rotatable bonds is 9. The quantitative estimate of drug-likeness (QED) is 0.391. The predicted octanol–water partition coefficient (Wildman–Crippen LogP) is 3.94. The van der Waals surface area contributed by atoms with E-state index in [-0.39, 0.29) is 48.9 Å². The molecule has 2 bridgehead atoms. The Kier molecular flexibility index (Phi) is 7.16. The fraction of sp³-hybridized carbons (Fsp3) is 0.382. The Morgan fingerprint density at radius 1 is 0.951 bits per heavy atom. The second-order valence-corrected chi connectivity index (χ2v) is 11.4. The van der Waals surface area contributed by atoms with Crippen molar-refractivity contribution in [2.75, 3.05) is 27.3 Å². The Morgan fingerprint density at radius 2 is 1.68 bits per heavy atom. The number of ether oxygens (including phenoxy) is 2. The molecule has 0 aromatic heterocycles. The number of carbonyl (C=O) groups is 3. The number of amides is 1. The number of esters is 1. The van der Waals surface area contributed by atoms with Crippen molar-refractivity contribution < 1.29 is 23.9 Å². The van der Waals surface area contributed by atoms with Crippen LogP contribution in [0.5, 0.6) is 5.75 Å². The molecule has 7 rings (SSSR count). The highest BCUT2D eigenvalue weighted by Crippen LogP contribution is 2.69. The van der Waals surface area contributed by atoms with Crippen molar-refractivity contribution in [1.29, 1.82) is 0 Å². The number of ketones is 1. The zero-order chi connectivity index (χ0) is 28.6. The molecule has 212 valence electrons. The summed E-state index contributed by atoms with van der Waals surface area (Å²) in [6.07, 6.45) is 1.98. The van der Waals surface area contributed by atoms with Gasteiger partial charge >= 0.3 is 5.97 Å². The van der Waals surface area contributed by atoms with Gasteiger partial charge in [-0.25, -0.2) is 0 Å². The first kappa shape index (κ1) is 27.2. The summed E-state index contributed by atoms with van der Waals surface area (Å²) in [5.41, 5.74) is 2.96. The third-order valence-electron chi connectivity index (χ3n) is 9.76. The van der Waals surface area contributed by atoms with E-state index >= 15 is 0 Å². The lowest BCUT2D eigenvalue weighted by Crippen LogP contribution is -2.64. The van der Waals surface area contributed by atoms with E-state index < -0.39 is 16.9 Å². The van der Waals surface area contributed by atoms with Crippen LogP contribution in [0, 0.1) is 11.3 Å². The molecule has 3 aliphatic carbocycles. The van der Waals surface area contributed by atoms with Crippen molar-refractivity contribution in [3.63, 3.8) is 0 Å². The fourth-order valence-electron chi connectivity index (χ4n) is 8.18. The minimum absolute atomic E-state index is 0.0454. The van der Waals surface area contributed by atoms with Crippen LogP contribution in [0.2, 0.25) is 0 Å². The van der Waals surface area contributed by atoms with Crippen molar-refractivity contribution >= 4 is 17.7 Å². The van der Waals surface area contributed by atoms with Crippen LogP contribution in [-0.4, -0.2) is 51.0 Å². The van der Waals surface area contributed by atoms with Crippen molar-refractivity contribution in [3.8, 4) is 5.75 Å². The van der Waals surface area contributed by atoms with Gasteiger partial charge in [0.2, 0.25) is 5.91 Å². The second-order valence-electron chi connectivity index (χ2n) is 11.4. The summed E-state index contributed by atoms with van der Waals surface area (Å²) in [5, 5.41) is 6.66. The van der Waals surface area contributed by atoms with E-state index in [0.717, 1.165) is 24.0 Å². The van der Waals surface area contributed by atoms with E-state index in [1.54, 1.807) is 7.11 Å². The first-order valence-corrected chi connectivity index (χ1v) is 14.4. The van der Waals surface area contributed by atoms with Gasteiger partial charge in [0.15, 0.2) is 5.78 Å². The Bertz CT molecular complexity index is 1470. The molecule has 7 nitrogen and oxygen atoms in total. The van der Waals surface area contributed by atoms with Gasteiger partial charge in [-0.05, 0) is 35.6 Å². The number of methoxy groups -OCH3 is 2. The van der Waals surface area contributed by atoms with Crippen LogP contribution in [0.3, 0.4) is 0 Å². The summed E-state index contributed by atoms with van der Waals surface area (Å²) in [6, 6.07) is 25.9. The molecule has 3 aromatic rings. The molecule has 0 radical (unpaired) electrons. The molecule has 0 spiro atoms. The number of benzene rings is 3. The van der Waals surface area contributed by atoms with E-state index in [2.05, 4.69) is 41.0 Å². The third-order valence-corrected chi connectivity index (χ3v) is 9.76. The average molecular weight is 553 g/mol. The van der Waals surface area contributed by atoms with E-state index in [1.807, 2.05) is 48.5 Å². The minimum Gasteiger partial charge on any atom is -0.496 e. The van der Waals surface area contributed by atoms with Crippen molar-refractivity contribution in [2.24, 2.45) is 11.3 Å². The number of hydrogen-bond acceptors (Lipinski definition) is 6. The summed E-state index contributed by atoms with van der Waals surface area (Å²) in [7, 11) is 2.96. The number of fused-ring (bicyclic) bond motifs is 1. The molecular weight excluding hydrogens is 516 g/mol. The Labute approximate surface area is 240 Å². The molecule has 41 heavy (non-hydrogen) atoms. The highest BCUT2D eigenvalue weighted by atomic mass is 16.5. The predicted molar refractivity (Wildman–Crippen MR) is 155 cm³/mol. The smallest absolute Gasteiger partial charge is 0.307 e. The minimum atomic E-state index is -0.861. The van der Waals surface area contributed by atoms with E-state index in [1.165, 1.54) is 18.2 Å². The Hall–Kier alpha value is -3.97. The number of carbonyl (C=O) groups excluding carboxylic acids is 3. The lowest BCUT2D eigenvalue weighted by atomic mass is 9.40. The lowest BCUT2D eigenvalue weighted by molar-refractivity contribution is -0.142. The van der Waals surface area contributed by atoms with E-state index in [0.29, 0.717) is 12.3 Å². The van der Waals surface area contributed by atoms with Gasteiger partial charge in [0.25, 0.3) is 0 Å². The summed E-state index contributed by atoms with van der Waals surface area (Å²) in [5.74, 6) is -0.116. The van der Waals surface area contributed by atoms with Crippen molar-refractivity contribution in [3.05, 3.63) is 101 Å². The number of para-hydroxylation sites is 1. The maximum absolute atomic E-state index is 14.4. The van der Waals surface area contributed by atoms with Crippen molar-refractivity contribution in [1.82, 2.24) is 10.6 Å². The van der Waals surface area contributed by atoms with Crippen LogP contribution in [0.1, 0.15) is 47.4 Å². The summed E-state index contributed by atoms with van der Waals surface area (Å²) < 4.78 is 10.4. The zero-order valence-corrected chi connectivity index (χ0v) is 23.5. The molecule has 3 aromatic carbocycles. The van der Waals surface area contributed by atoms with Crippen LogP contribution >= 0.6 is 0 Å². The first-order chi connectivity index (χ1) is 20.0. The highest BCUT2D eigenvalue weighted by molar-refractivity contribution is 5.93. The van der Waals surface area contributed by atoms with Gasteiger partial charge in [-0.3, -0.25) is 14.4 Å². The van der Waals surface area contributed by atoms with Gasteiger partial charge in [-0.2, -0.15) is 0 Å². The largest absolute Gasteiger partial charge is 0.496 e. The van der Waals surface area contributed by atoms with Gasteiger partial charge < -0.3 is 20.1 Å². The Morgan fingerprint density at radius 3 is 2.46 bits per heavy atom. The Balaban J connectivity index is 1.48. The molecule has 1 saturated carbocycles. The van der Waals surface area contributed by atoms with Crippen LogP contribution in [0.15, 0.2) is 78.9 Å². The fourth-order valence-corrected chi connectivity index (χ4v) is 8.18. The first-order valence-electron chi connectivity index (χ1n) is 14.4. The molecule has 2 fully saturated rings. The summed E-state index contributed by atoms with van der Waals surface area (Å²) in [4.78, 5) is 40.6. The summed E-state index contributed by atoms with van der Waals surface area (Å²) in [6.45, 7) is 0.574. The SMILES string of the molecule is COC(=O)CCNC(=O)C12CNC(C(=O)Cc3ccccc3OC)C1C1(c3ccccc3)CCC2c2ccccc21. The van der Waals surface area contributed by atoms with Crippen LogP contribution in [-0.2, 0) is 31.0 Å². The number of hydrogen-bond donors (Lipinski definition) is 2. The van der Waals surface area contributed by atoms with E-state index in [4.69, 9.17) is 9.47 Å². The molecular formula is C34H36N2O5. The monoisotopic (exact) mass is 552 g/mol. The van der Waals surface area contributed by atoms with E-state index in [9.17, 15) is 14.4 Å². The highest BCUT2D eigenvalue weighted by Gasteiger charge is 2.71. The van der Waals surface area contributed by atoms with Crippen molar-refractivity contribution in [2.45, 2.75) is 43.1 Å². The van der Waals surface area contributed by atoms with Gasteiger partial charge in [0.05, 0.1) is 32.1 Å².